The van der Waals surface area contributed by atoms with Crippen molar-refractivity contribution in [2.45, 2.75) is 6.18 Å². The summed E-state index contributed by atoms with van der Waals surface area (Å²) < 4.78 is 37.5. The number of hydrogen-bond acceptors (Lipinski definition) is 3. The van der Waals surface area contributed by atoms with Gasteiger partial charge in [0.15, 0.2) is 0 Å². The summed E-state index contributed by atoms with van der Waals surface area (Å²) in [4.78, 5) is 34.3. The predicted molar refractivity (Wildman–Crippen MR) is 79.8 cm³/mol. The van der Waals surface area contributed by atoms with E-state index in [1.54, 1.807) is 0 Å². The summed E-state index contributed by atoms with van der Waals surface area (Å²) in [5.74, 6) is -3.77. The molecular formula is C16H10F3NO5. The molecule has 0 bridgehead atoms. The molecule has 0 unspecified atom stereocenters. The number of benzene rings is 2. The van der Waals surface area contributed by atoms with Gasteiger partial charge in [-0.3, -0.25) is 4.79 Å². The Labute approximate surface area is 138 Å². The Kier molecular flexibility index (Phi) is 4.77. The average molecular weight is 353 g/mol. The molecular weight excluding hydrogens is 343 g/mol. The molecule has 9 heteroatoms. The van der Waals surface area contributed by atoms with Gasteiger partial charge in [0.25, 0.3) is 5.91 Å². The van der Waals surface area contributed by atoms with Crippen LogP contribution >= 0.6 is 0 Å². The summed E-state index contributed by atoms with van der Waals surface area (Å²) in [5.41, 5.74) is -2.08. The van der Waals surface area contributed by atoms with E-state index in [0.717, 1.165) is 42.5 Å². The van der Waals surface area contributed by atoms with E-state index in [2.05, 4.69) is 5.32 Å². The third-order valence-corrected chi connectivity index (χ3v) is 3.21. The first-order valence-electron chi connectivity index (χ1n) is 6.69. The first-order chi connectivity index (χ1) is 11.6. The van der Waals surface area contributed by atoms with Gasteiger partial charge in [0.05, 0.1) is 22.3 Å². The van der Waals surface area contributed by atoms with Gasteiger partial charge in [-0.1, -0.05) is 0 Å². The highest BCUT2D eigenvalue weighted by molar-refractivity contribution is 6.11. The zero-order chi connectivity index (χ0) is 18.8. The molecule has 0 saturated heterocycles. The van der Waals surface area contributed by atoms with Gasteiger partial charge in [-0.05, 0) is 42.5 Å². The molecule has 0 fully saturated rings. The number of rotatable bonds is 4. The summed E-state index contributed by atoms with van der Waals surface area (Å²) in [6.45, 7) is 0. The SMILES string of the molecule is O=C(O)c1ccc(C(=O)O)c(C(=O)Nc2ccc(C(F)(F)F)cc2)c1. The molecule has 1 amide bonds. The van der Waals surface area contributed by atoms with Crippen molar-refractivity contribution in [3.8, 4) is 0 Å². The van der Waals surface area contributed by atoms with Crippen molar-refractivity contribution >= 4 is 23.5 Å². The molecule has 2 aromatic carbocycles. The van der Waals surface area contributed by atoms with Crippen molar-refractivity contribution in [1.29, 1.82) is 0 Å². The lowest BCUT2D eigenvalue weighted by molar-refractivity contribution is -0.137. The van der Waals surface area contributed by atoms with Crippen LogP contribution < -0.4 is 5.32 Å². The number of alkyl halides is 3. The molecule has 0 heterocycles. The smallest absolute Gasteiger partial charge is 0.416 e. The van der Waals surface area contributed by atoms with Crippen LogP contribution in [0.1, 0.15) is 36.6 Å². The highest BCUT2D eigenvalue weighted by Gasteiger charge is 2.30. The Morgan fingerprint density at radius 3 is 1.92 bits per heavy atom. The Hall–Kier alpha value is -3.36. The monoisotopic (exact) mass is 353 g/mol. The van der Waals surface area contributed by atoms with E-state index in [0.29, 0.717) is 0 Å². The molecule has 0 spiro atoms. The number of nitrogens with one attached hydrogen (secondary N) is 1. The summed E-state index contributed by atoms with van der Waals surface area (Å²) in [6.07, 6.45) is -4.53. The number of anilines is 1. The number of carboxylic acid groups (broad SMARTS) is 2. The first kappa shape index (κ1) is 18.0. The van der Waals surface area contributed by atoms with Crippen LogP contribution in [0.15, 0.2) is 42.5 Å². The third kappa shape index (κ3) is 4.14. The van der Waals surface area contributed by atoms with Crippen LogP contribution in [0, 0.1) is 0 Å². The lowest BCUT2D eigenvalue weighted by Crippen LogP contribution is -2.17. The van der Waals surface area contributed by atoms with Crippen molar-refractivity contribution in [1.82, 2.24) is 0 Å². The molecule has 25 heavy (non-hydrogen) atoms. The van der Waals surface area contributed by atoms with Crippen LogP contribution in [-0.4, -0.2) is 28.1 Å². The Balaban J connectivity index is 2.32. The molecule has 0 aromatic heterocycles. The maximum Gasteiger partial charge on any atom is 0.416 e. The molecule has 3 N–H and O–H groups in total. The molecule has 0 aliphatic heterocycles. The fraction of sp³-hybridized carbons (Fsp3) is 0.0625. The second-order valence-corrected chi connectivity index (χ2v) is 4.90. The summed E-state index contributed by atoms with van der Waals surface area (Å²) in [6, 6.07) is 6.38. The quantitative estimate of drug-likeness (QED) is 0.782. The van der Waals surface area contributed by atoms with E-state index in [-0.39, 0.29) is 11.3 Å². The minimum atomic E-state index is -4.53. The average Bonchev–Trinajstić information content (AvgIpc) is 2.53. The van der Waals surface area contributed by atoms with Gasteiger partial charge < -0.3 is 15.5 Å². The second-order valence-electron chi connectivity index (χ2n) is 4.90. The summed E-state index contributed by atoms with van der Waals surface area (Å²) in [5, 5.41) is 20.3. The molecule has 2 aromatic rings. The molecule has 0 atom stereocenters. The van der Waals surface area contributed by atoms with Gasteiger partial charge in [-0.15, -0.1) is 0 Å². The van der Waals surface area contributed by atoms with E-state index in [9.17, 15) is 27.6 Å². The van der Waals surface area contributed by atoms with Crippen molar-refractivity contribution in [2.75, 3.05) is 5.32 Å². The molecule has 6 nitrogen and oxygen atoms in total. The number of carbonyl (C=O) groups excluding carboxylic acids is 1. The molecule has 0 saturated carbocycles. The van der Waals surface area contributed by atoms with E-state index < -0.39 is 40.7 Å². The molecule has 130 valence electrons. The number of hydrogen-bond donors (Lipinski definition) is 3. The van der Waals surface area contributed by atoms with Gasteiger partial charge >= 0.3 is 18.1 Å². The normalized spacial score (nSPS) is 11.0. The number of halogens is 3. The number of carbonyl (C=O) groups is 3. The minimum Gasteiger partial charge on any atom is -0.478 e. The Bertz CT molecular complexity index is 844. The maximum absolute atomic E-state index is 12.5. The lowest BCUT2D eigenvalue weighted by atomic mass is 10.0. The molecule has 0 radical (unpaired) electrons. The van der Waals surface area contributed by atoms with Gasteiger partial charge in [0.2, 0.25) is 0 Å². The number of amides is 1. The summed E-state index contributed by atoms with van der Waals surface area (Å²) in [7, 11) is 0. The van der Waals surface area contributed by atoms with Crippen LogP contribution in [0.5, 0.6) is 0 Å². The summed E-state index contributed by atoms with van der Waals surface area (Å²) >= 11 is 0. The Morgan fingerprint density at radius 1 is 0.840 bits per heavy atom. The van der Waals surface area contributed by atoms with Gasteiger partial charge in [-0.2, -0.15) is 13.2 Å². The predicted octanol–water partition coefficient (Wildman–Crippen LogP) is 3.35. The van der Waals surface area contributed by atoms with E-state index in [1.807, 2.05) is 0 Å². The van der Waals surface area contributed by atoms with Crippen molar-refractivity contribution < 1.29 is 37.8 Å². The fourth-order valence-corrected chi connectivity index (χ4v) is 1.99. The van der Waals surface area contributed by atoms with Crippen molar-refractivity contribution in [3.63, 3.8) is 0 Å². The zero-order valence-corrected chi connectivity index (χ0v) is 12.3. The van der Waals surface area contributed by atoms with Gasteiger partial charge in [-0.25, -0.2) is 9.59 Å². The highest BCUT2D eigenvalue weighted by atomic mass is 19.4. The van der Waals surface area contributed by atoms with Crippen LogP contribution in [0.2, 0.25) is 0 Å². The molecule has 2 rings (SSSR count). The fourth-order valence-electron chi connectivity index (χ4n) is 1.99. The van der Waals surface area contributed by atoms with Crippen molar-refractivity contribution in [3.05, 3.63) is 64.7 Å². The largest absolute Gasteiger partial charge is 0.478 e. The standard InChI is InChI=1S/C16H10F3NO5/c17-16(18,19)9-2-4-10(5-3-9)20-13(21)12-7-8(14(22)23)1-6-11(12)15(24)25/h1-7H,(H,20,21)(H,22,23)(H,24,25). The van der Waals surface area contributed by atoms with Crippen LogP contribution in [0.4, 0.5) is 18.9 Å². The van der Waals surface area contributed by atoms with Crippen LogP contribution in [-0.2, 0) is 6.18 Å². The minimum absolute atomic E-state index is 0.00457. The van der Waals surface area contributed by atoms with E-state index >= 15 is 0 Å². The third-order valence-electron chi connectivity index (χ3n) is 3.21. The topological polar surface area (TPSA) is 104 Å². The highest BCUT2D eigenvalue weighted by Crippen LogP contribution is 2.30. The maximum atomic E-state index is 12.5. The Morgan fingerprint density at radius 2 is 1.44 bits per heavy atom. The van der Waals surface area contributed by atoms with Gasteiger partial charge in [0.1, 0.15) is 0 Å². The lowest BCUT2D eigenvalue weighted by Gasteiger charge is -2.10. The second kappa shape index (κ2) is 6.63. The zero-order valence-electron chi connectivity index (χ0n) is 12.3. The molecule has 0 aliphatic carbocycles. The van der Waals surface area contributed by atoms with Gasteiger partial charge in [0, 0.05) is 5.69 Å². The van der Waals surface area contributed by atoms with E-state index in [1.165, 1.54) is 0 Å². The van der Waals surface area contributed by atoms with Crippen LogP contribution in [0.25, 0.3) is 0 Å². The number of carboxylic acids is 2. The van der Waals surface area contributed by atoms with Crippen molar-refractivity contribution in [2.24, 2.45) is 0 Å². The number of aromatic carboxylic acids is 2. The van der Waals surface area contributed by atoms with Crippen LogP contribution in [0.3, 0.4) is 0 Å². The van der Waals surface area contributed by atoms with E-state index in [4.69, 9.17) is 10.2 Å². The molecule has 0 aliphatic rings. The first-order valence-corrected chi connectivity index (χ1v) is 6.69.